The fourth-order valence-electron chi connectivity index (χ4n) is 2.60. The highest BCUT2D eigenvalue weighted by atomic mass is 35.5. The molecule has 4 heteroatoms. The predicted molar refractivity (Wildman–Crippen MR) is 102 cm³/mol. The van der Waals surface area contributed by atoms with E-state index in [1.807, 2.05) is 44.2 Å². The Morgan fingerprint density at radius 2 is 1.58 bits per heavy atom. The zero-order valence-electron chi connectivity index (χ0n) is 14.8. The Kier molecular flexibility index (Phi) is 5.41. The molecule has 0 saturated carbocycles. The van der Waals surface area contributed by atoms with Crippen molar-refractivity contribution < 1.29 is 9.84 Å². The molecule has 0 saturated heterocycles. The summed E-state index contributed by atoms with van der Waals surface area (Å²) in [6.45, 7) is 10.8. The summed E-state index contributed by atoms with van der Waals surface area (Å²) in [5.74, 6) is 0.816. The van der Waals surface area contributed by atoms with Gasteiger partial charge < -0.3 is 9.84 Å². The molecule has 2 aromatic rings. The van der Waals surface area contributed by atoms with Gasteiger partial charge in [0.1, 0.15) is 11.5 Å². The summed E-state index contributed by atoms with van der Waals surface area (Å²) in [4.78, 5) is 0. The third-order valence-electron chi connectivity index (χ3n) is 4.06. The fraction of sp³-hybridized carbons (Fsp3) is 0.400. The molecule has 0 aliphatic rings. The van der Waals surface area contributed by atoms with E-state index in [-0.39, 0.29) is 11.2 Å². The zero-order chi connectivity index (χ0) is 18.1. The molecule has 0 fully saturated rings. The first kappa shape index (κ1) is 19.0. The van der Waals surface area contributed by atoms with Crippen molar-refractivity contribution in [1.82, 2.24) is 0 Å². The molecule has 0 amide bonds. The maximum Gasteiger partial charge on any atom is 0.138 e. The number of rotatable bonds is 4. The maximum atomic E-state index is 10.2. The predicted octanol–water partition coefficient (Wildman–Crippen LogP) is 6.35. The number of para-hydroxylation sites is 1. The van der Waals surface area contributed by atoms with E-state index in [4.69, 9.17) is 27.9 Å². The molecule has 0 aliphatic heterocycles. The average Bonchev–Trinajstić information content (AvgIpc) is 2.46. The smallest absolute Gasteiger partial charge is 0.138 e. The first-order valence-electron chi connectivity index (χ1n) is 7.93. The third kappa shape index (κ3) is 4.17. The van der Waals surface area contributed by atoms with Crippen LogP contribution in [0.1, 0.15) is 45.7 Å². The summed E-state index contributed by atoms with van der Waals surface area (Å²) >= 11 is 12.4. The maximum absolute atomic E-state index is 10.2. The molecule has 0 unspecified atom stereocenters. The van der Waals surface area contributed by atoms with Gasteiger partial charge in [0.15, 0.2) is 0 Å². The van der Waals surface area contributed by atoms with Crippen molar-refractivity contribution in [3.63, 3.8) is 0 Å². The minimum absolute atomic E-state index is 0.0124. The molecule has 0 atom stereocenters. The number of hydrogen-bond donors (Lipinski definition) is 1. The normalized spacial score (nSPS) is 12.3. The lowest BCUT2D eigenvalue weighted by atomic mass is 9.85. The summed E-state index contributed by atoms with van der Waals surface area (Å²) < 4.78 is 5.93. The van der Waals surface area contributed by atoms with Crippen molar-refractivity contribution in [3.8, 4) is 11.5 Å². The van der Waals surface area contributed by atoms with Crippen LogP contribution in [0.5, 0.6) is 11.5 Å². The molecule has 2 nitrogen and oxygen atoms in total. The van der Waals surface area contributed by atoms with E-state index in [9.17, 15) is 5.11 Å². The van der Waals surface area contributed by atoms with Gasteiger partial charge in [-0.1, -0.05) is 76.0 Å². The molecule has 0 aromatic heterocycles. The van der Waals surface area contributed by atoms with Gasteiger partial charge in [0.05, 0.1) is 11.6 Å². The summed E-state index contributed by atoms with van der Waals surface area (Å²) in [6, 6.07) is 11.1. The molecule has 2 aromatic carbocycles. The SMILES string of the molecule is CC(C)(C)c1ccc(OCC(C)(C)c2cccc(Cl)c2O)cc1Cl. The number of phenols is 1. The molecule has 0 spiro atoms. The number of ether oxygens (including phenoxy) is 1. The van der Waals surface area contributed by atoms with Gasteiger partial charge in [0.25, 0.3) is 0 Å². The van der Waals surface area contributed by atoms with Crippen LogP contribution in [0.25, 0.3) is 0 Å². The van der Waals surface area contributed by atoms with Crippen molar-refractivity contribution >= 4 is 23.2 Å². The topological polar surface area (TPSA) is 29.5 Å². The van der Waals surface area contributed by atoms with Crippen molar-refractivity contribution in [2.24, 2.45) is 0 Å². The van der Waals surface area contributed by atoms with Crippen molar-refractivity contribution in [1.29, 1.82) is 0 Å². The van der Waals surface area contributed by atoms with E-state index < -0.39 is 5.41 Å². The second kappa shape index (κ2) is 6.85. The molecule has 0 bridgehead atoms. The minimum atomic E-state index is -0.399. The summed E-state index contributed by atoms with van der Waals surface area (Å²) in [5, 5.41) is 11.2. The van der Waals surface area contributed by atoms with Gasteiger partial charge in [-0.3, -0.25) is 0 Å². The van der Waals surface area contributed by atoms with Crippen molar-refractivity contribution in [3.05, 3.63) is 57.6 Å². The van der Waals surface area contributed by atoms with Gasteiger partial charge in [-0.2, -0.15) is 0 Å². The van der Waals surface area contributed by atoms with Gasteiger partial charge in [-0.25, -0.2) is 0 Å². The van der Waals surface area contributed by atoms with Crippen LogP contribution in [0.15, 0.2) is 36.4 Å². The second-order valence-electron chi connectivity index (χ2n) is 7.70. The fourth-order valence-corrected chi connectivity index (χ4v) is 3.23. The lowest BCUT2D eigenvalue weighted by molar-refractivity contribution is 0.237. The largest absolute Gasteiger partial charge is 0.506 e. The number of halogens is 2. The molecule has 130 valence electrons. The summed E-state index contributed by atoms with van der Waals surface area (Å²) in [7, 11) is 0. The summed E-state index contributed by atoms with van der Waals surface area (Å²) in [5.41, 5.74) is 1.43. The van der Waals surface area contributed by atoms with Crippen LogP contribution >= 0.6 is 23.2 Å². The van der Waals surface area contributed by atoms with Crippen LogP contribution in [0.4, 0.5) is 0 Å². The van der Waals surface area contributed by atoms with Crippen LogP contribution in [-0.2, 0) is 10.8 Å². The standard InChI is InChI=1S/C20H24Cl2O2/c1-19(2,3)14-10-9-13(11-17(14)22)24-12-20(4,5)15-7-6-8-16(21)18(15)23/h6-11,23H,12H2,1-5H3. The van der Waals surface area contributed by atoms with Crippen LogP contribution in [0.3, 0.4) is 0 Å². The molecule has 2 rings (SSSR count). The van der Waals surface area contributed by atoms with E-state index >= 15 is 0 Å². The van der Waals surface area contributed by atoms with E-state index in [1.54, 1.807) is 6.07 Å². The Morgan fingerprint density at radius 1 is 0.917 bits per heavy atom. The molecule has 0 aliphatic carbocycles. The monoisotopic (exact) mass is 366 g/mol. The van der Waals surface area contributed by atoms with Gasteiger partial charge in [-0.05, 0) is 29.2 Å². The first-order valence-corrected chi connectivity index (χ1v) is 8.69. The summed E-state index contributed by atoms with van der Waals surface area (Å²) in [6.07, 6.45) is 0. The average molecular weight is 367 g/mol. The molecular formula is C20H24Cl2O2. The van der Waals surface area contributed by atoms with Crippen molar-refractivity contribution in [2.75, 3.05) is 6.61 Å². The van der Waals surface area contributed by atoms with E-state index in [0.717, 1.165) is 11.1 Å². The molecule has 0 radical (unpaired) electrons. The Bertz CT molecular complexity index is 731. The van der Waals surface area contributed by atoms with Gasteiger partial charge in [0, 0.05) is 16.0 Å². The zero-order valence-corrected chi connectivity index (χ0v) is 16.3. The highest BCUT2D eigenvalue weighted by Crippen LogP contribution is 2.37. The number of phenolic OH excluding ortho intramolecular Hbond substituents is 1. The molecule has 24 heavy (non-hydrogen) atoms. The first-order chi connectivity index (χ1) is 11.0. The second-order valence-corrected chi connectivity index (χ2v) is 8.51. The van der Waals surface area contributed by atoms with E-state index in [2.05, 4.69) is 20.8 Å². The lowest BCUT2D eigenvalue weighted by Crippen LogP contribution is -2.26. The highest BCUT2D eigenvalue weighted by Gasteiger charge is 2.26. The number of hydrogen-bond acceptors (Lipinski definition) is 2. The van der Waals surface area contributed by atoms with Gasteiger partial charge in [0.2, 0.25) is 0 Å². The van der Waals surface area contributed by atoms with Crippen molar-refractivity contribution in [2.45, 2.75) is 45.4 Å². The van der Waals surface area contributed by atoms with Crippen LogP contribution in [-0.4, -0.2) is 11.7 Å². The Hall–Kier alpha value is -1.38. The van der Waals surface area contributed by atoms with E-state index in [0.29, 0.717) is 22.4 Å². The van der Waals surface area contributed by atoms with Crippen LogP contribution in [0.2, 0.25) is 10.0 Å². The quantitative estimate of drug-likeness (QED) is 0.682. The molecule has 1 N–H and O–H groups in total. The Morgan fingerprint density at radius 3 is 2.17 bits per heavy atom. The lowest BCUT2D eigenvalue weighted by Gasteiger charge is -2.27. The van der Waals surface area contributed by atoms with E-state index in [1.165, 1.54) is 0 Å². The Balaban J connectivity index is 2.18. The molecule has 0 heterocycles. The van der Waals surface area contributed by atoms with Crippen LogP contribution in [0, 0.1) is 0 Å². The number of aromatic hydroxyl groups is 1. The van der Waals surface area contributed by atoms with Gasteiger partial charge in [-0.15, -0.1) is 0 Å². The minimum Gasteiger partial charge on any atom is -0.506 e. The Labute approximate surface area is 154 Å². The van der Waals surface area contributed by atoms with Gasteiger partial charge >= 0.3 is 0 Å². The number of benzene rings is 2. The third-order valence-corrected chi connectivity index (χ3v) is 4.68. The molecular weight excluding hydrogens is 343 g/mol. The van der Waals surface area contributed by atoms with Crippen LogP contribution < -0.4 is 4.74 Å². The highest BCUT2D eigenvalue weighted by molar-refractivity contribution is 6.32.